The van der Waals surface area contributed by atoms with Gasteiger partial charge in [-0.05, 0) is 53.6 Å². The summed E-state index contributed by atoms with van der Waals surface area (Å²) in [5, 5.41) is 7.15. The number of rotatable bonds is 7. The number of likely N-dealkylation sites (N-methyl/N-ethyl adjacent to an activating group) is 1. The molecule has 12 heteroatoms. The molecule has 0 bridgehead atoms. The third-order valence-electron chi connectivity index (χ3n) is 6.10. The molecule has 1 aromatic heterocycles. The van der Waals surface area contributed by atoms with Crippen LogP contribution in [-0.2, 0) is 19.6 Å². The molecule has 188 valence electrons. The summed E-state index contributed by atoms with van der Waals surface area (Å²) in [4.78, 5) is 29.4. The Hall–Kier alpha value is -2.44. The summed E-state index contributed by atoms with van der Waals surface area (Å²) in [5.41, 5.74) is 1.76. The largest absolute Gasteiger partial charge is 0.463 e. The van der Waals surface area contributed by atoms with E-state index in [4.69, 9.17) is 16.3 Å². The zero-order chi connectivity index (χ0) is 25.2. The number of carbonyl (C=O) groups is 2. The van der Waals surface area contributed by atoms with E-state index >= 15 is 0 Å². The summed E-state index contributed by atoms with van der Waals surface area (Å²) in [6.07, 6.45) is 0. The number of piperazine rings is 1. The lowest BCUT2D eigenvalue weighted by Gasteiger charge is -2.39. The average Bonchev–Trinajstić information content (AvgIpc) is 3.37. The fourth-order valence-corrected chi connectivity index (χ4v) is 6.42. The van der Waals surface area contributed by atoms with E-state index in [1.54, 1.807) is 26.1 Å². The first-order chi connectivity index (χ1) is 16.7. The number of halogens is 1. The van der Waals surface area contributed by atoms with Crippen LogP contribution in [0.3, 0.4) is 0 Å². The number of nitrogens with one attached hydrogen (secondary N) is 1. The van der Waals surface area contributed by atoms with Crippen LogP contribution < -0.4 is 5.32 Å². The van der Waals surface area contributed by atoms with Crippen molar-refractivity contribution in [3.8, 4) is 0 Å². The van der Waals surface area contributed by atoms with E-state index in [-0.39, 0.29) is 30.6 Å². The Bertz CT molecular complexity index is 1210. The fourth-order valence-electron chi connectivity index (χ4n) is 4.18. The Labute approximate surface area is 214 Å². The highest BCUT2D eigenvalue weighted by Crippen LogP contribution is 2.32. The van der Waals surface area contributed by atoms with Gasteiger partial charge in [-0.15, -0.1) is 0 Å². The van der Waals surface area contributed by atoms with Crippen molar-refractivity contribution in [2.24, 2.45) is 0 Å². The van der Waals surface area contributed by atoms with Crippen molar-refractivity contribution in [3.05, 3.63) is 62.9 Å². The van der Waals surface area contributed by atoms with Gasteiger partial charge in [-0.2, -0.15) is 15.6 Å². The van der Waals surface area contributed by atoms with Crippen LogP contribution >= 0.6 is 22.9 Å². The maximum Gasteiger partial charge on any atom is 0.338 e. The van der Waals surface area contributed by atoms with Gasteiger partial charge in [0.15, 0.2) is 0 Å². The predicted molar refractivity (Wildman–Crippen MR) is 134 cm³/mol. The topological polar surface area (TPSA) is 99.3 Å². The molecule has 35 heavy (non-hydrogen) atoms. The minimum absolute atomic E-state index is 0.199. The number of sulfonamides is 1. The summed E-state index contributed by atoms with van der Waals surface area (Å²) in [7, 11) is -2.02. The molecular formula is C23H27ClN4O5S2. The number of esters is 1. The van der Waals surface area contributed by atoms with Gasteiger partial charge < -0.3 is 10.1 Å². The van der Waals surface area contributed by atoms with E-state index in [0.717, 1.165) is 5.56 Å². The van der Waals surface area contributed by atoms with E-state index in [9.17, 15) is 18.0 Å². The van der Waals surface area contributed by atoms with E-state index in [0.29, 0.717) is 35.9 Å². The highest BCUT2D eigenvalue weighted by Gasteiger charge is 2.38. The summed E-state index contributed by atoms with van der Waals surface area (Å²) in [5.74, 6) is -0.477. The highest BCUT2D eigenvalue weighted by atomic mass is 35.5. The lowest BCUT2D eigenvalue weighted by atomic mass is 9.96. The van der Waals surface area contributed by atoms with Crippen LogP contribution in [0, 0.1) is 0 Å². The number of amides is 2. The maximum atomic E-state index is 13.0. The molecule has 1 saturated heterocycles. The third-order valence-corrected chi connectivity index (χ3v) is 8.97. The molecule has 3 heterocycles. The molecule has 1 atom stereocenters. The van der Waals surface area contributed by atoms with Gasteiger partial charge in [0.1, 0.15) is 0 Å². The smallest absolute Gasteiger partial charge is 0.338 e. The quantitative estimate of drug-likeness (QED) is 0.544. The average molecular weight is 539 g/mol. The Balaban J connectivity index is 1.55. The molecule has 0 aliphatic carbocycles. The lowest BCUT2D eigenvalue weighted by Crippen LogP contribution is -2.52. The number of hydrogen-bond acceptors (Lipinski definition) is 7. The molecule has 4 rings (SSSR count). The summed E-state index contributed by atoms with van der Waals surface area (Å²) in [6, 6.07) is 7.07. The molecule has 2 aliphatic heterocycles. The Morgan fingerprint density at radius 2 is 1.86 bits per heavy atom. The van der Waals surface area contributed by atoms with E-state index < -0.39 is 22.0 Å². The van der Waals surface area contributed by atoms with Gasteiger partial charge in [0, 0.05) is 50.5 Å². The first-order valence-corrected chi connectivity index (χ1v) is 13.9. The Morgan fingerprint density at radius 1 is 1.17 bits per heavy atom. The number of thiophene rings is 1. The number of nitrogens with zero attached hydrogens (tertiary/aromatic N) is 3. The Kier molecular flexibility index (Phi) is 7.82. The molecule has 2 amide bonds. The van der Waals surface area contributed by atoms with E-state index in [1.165, 1.54) is 32.7 Å². The second-order valence-corrected chi connectivity index (χ2v) is 11.4. The van der Waals surface area contributed by atoms with Crippen LogP contribution in [0.1, 0.15) is 18.5 Å². The number of carbonyl (C=O) groups excluding carboxylic acids is 2. The van der Waals surface area contributed by atoms with E-state index in [1.807, 2.05) is 21.7 Å². The molecule has 1 N–H and O–H groups in total. The van der Waals surface area contributed by atoms with Crippen molar-refractivity contribution in [2.75, 3.05) is 46.4 Å². The van der Waals surface area contributed by atoms with Crippen LogP contribution in [0.4, 0.5) is 4.79 Å². The van der Waals surface area contributed by atoms with Crippen LogP contribution in [0.5, 0.6) is 0 Å². The summed E-state index contributed by atoms with van der Waals surface area (Å²) >= 11 is 7.37. The van der Waals surface area contributed by atoms with Gasteiger partial charge in [-0.1, -0.05) is 11.6 Å². The van der Waals surface area contributed by atoms with E-state index in [2.05, 4.69) is 5.32 Å². The zero-order valence-electron chi connectivity index (χ0n) is 19.4. The normalized spacial score (nSPS) is 20.1. The van der Waals surface area contributed by atoms with Crippen LogP contribution in [0.25, 0.3) is 0 Å². The summed E-state index contributed by atoms with van der Waals surface area (Å²) < 4.78 is 32.8. The third kappa shape index (κ3) is 5.39. The lowest BCUT2D eigenvalue weighted by molar-refractivity contribution is -0.139. The minimum Gasteiger partial charge on any atom is -0.463 e. The number of urea groups is 1. The molecule has 1 fully saturated rings. The number of ether oxygens (including phenoxy) is 1. The van der Waals surface area contributed by atoms with Crippen molar-refractivity contribution in [1.29, 1.82) is 0 Å². The Morgan fingerprint density at radius 3 is 2.46 bits per heavy atom. The molecule has 9 nitrogen and oxygen atoms in total. The molecule has 0 spiro atoms. The molecule has 1 unspecified atom stereocenters. The molecule has 0 radical (unpaired) electrons. The van der Waals surface area contributed by atoms with Crippen molar-refractivity contribution in [2.45, 2.75) is 17.9 Å². The van der Waals surface area contributed by atoms with Gasteiger partial charge in [-0.3, -0.25) is 9.80 Å². The number of hydrogen-bond donors (Lipinski definition) is 1. The molecule has 2 aromatic rings. The number of benzene rings is 1. The van der Waals surface area contributed by atoms with Gasteiger partial charge >= 0.3 is 12.0 Å². The van der Waals surface area contributed by atoms with Gasteiger partial charge in [0.2, 0.25) is 10.0 Å². The van der Waals surface area contributed by atoms with Crippen LogP contribution in [0.2, 0.25) is 5.02 Å². The molecular weight excluding hydrogens is 512 g/mol. The summed E-state index contributed by atoms with van der Waals surface area (Å²) in [6.45, 7) is 3.74. The monoisotopic (exact) mass is 538 g/mol. The van der Waals surface area contributed by atoms with Crippen molar-refractivity contribution in [3.63, 3.8) is 0 Å². The van der Waals surface area contributed by atoms with Gasteiger partial charge in [0.05, 0.1) is 23.1 Å². The van der Waals surface area contributed by atoms with Gasteiger partial charge in [0.25, 0.3) is 0 Å². The van der Waals surface area contributed by atoms with Crippen molar-refractivity contribution in [1.82, 2.24) is 19.4 Å². The first-order valence-electron chi connectivity index (χ1n) is 11.2. The fraction of sp³-hybridized carbons (Fsp3) is 0.391. The molecule has 1 aromatic carbocycles. The molecule has 0 saturated carbocycles. The maximum absolute atomic E-state index is 13.0. The van der Waals surface area contributed by atoms with Crippen LogP contribution in [-0.4, -0.2) is 80.9 Å². The second kappa shape index (κ2) is 10.7. The standard InChI is InChI=1S/C23H27ClN4O5S2/c1-3-33-22(29)20-19(26(2)23(30)25-21(20)16-8-13-34-15-16)14-27-9-11-28(12-10-27)35(31,32)18-6-4-17(24)5-7-18/h4-8,13,15,21H,3,9-12,14H2,1-2H3,(H,25,30). The minimum atomic E-state index is -3.64. The SMILES string of the molecule is CCOC(=O)C1=C(CN2CCN(S(=O)(=O)c3ccc(Cl)cc3)CC2)N(C)C(=O)NC1c1ccsc1. The van der Waals surface area contributed by atoms with Gasteiger partial charge in [-0.25, -0.2) is 18.0 Å². The highest BCUT2D eigenvalue weighted by molar-refractivity contribution is 7.89. The van der Waals surface area contributed by atoms with Crippen LogP contribution in [0.15, 0.2) is 57.3 Å². The van der Waals surface area contributed by atoms with Crippen molar-refractivity contribution >= 4 is 45.0 Å². The first kappa shape index (κ1) is 25.6. The molecule has 2 aliphatic rings. The predicted octanol–water partition coefficient (Wildman–Crippen LogP) is 2.92. The zero-order valence-corrected chi connectivity index (χ0v) is 21.8. The van der Waals surface area contributed by atoms with Crippen molar-refractivity contribution < 1.29 is 22.7 Å². The second-order valence-electron chi connectivity index (χ2n) is 8.21.